The third-order valence-electron chi connectivity index (χ3n) is 4.15. The molecular formula is C21H23ClN2O3. The Kier molecular flexibility index (Phi) is 5.44. The molecule has 0 atom stereocenters. The molecular weight excluding hydrogens is 364 g/mol. The van der Waals surface area contributed by atoms with Gasteiger partial charge in [-0.15, -0.1) is 0 Å². The van der Waals surface area contributed by atoms with Gasteiger partial charge in [0.15, 0.2) is 11.4 Å². The first-order valence-corrected chi connectivity index (χ1v) is 9.03. The number of benzene rings is 2. The Bertz CT molecular complexity index is 959. The van der Waals surface area contributed by atoms with Gasteiger partial charge in [0, 0.05) is 22.5 Å². The summed E-state index contributed by atoms with van der Waals surface area (Å²) in [6.45, 7) is 4.55. The number of methoxy groups -OCH3 is 1. The molecule has 0 aliphatic carbocycles. The van der Waals surface area contributed by atoms with Crippen molar-refractivity contribution >= 4 is 28.5 Å². The smallest absolute Gasteiger partial charge is 0.358 e. The lowest BCUT2D eigenvalue weighted by molar-refractivity contribution is 0.0582. The van der Waals surface area contributed by atoms with Gasteiger partial charge in [0.2, 0.25) is 0 Å². The largest absolute Gasteiger partial charge is 0.486 e. The molecule has 0 fully saturated rings. The molecule has 6 heteroatoms. The lowest BCUT2D eigenvalue weighted by atomic mass is 10.1. The van der Waals surface area contributed by atoms with Crippen LogP contribution in [0.15, 0.2) is 48.5 Å². The van der Waals surface area contributed by atoms with E-state index in [1.165, 1.54) is 7.11 Å². The second-order valence-corrected chi connectivity index (χ2v) is 7.62. The van der Waals surface area contributed by atoms with E-state index >= 15 is 0 Å². The minimum absolute atomic E-state index is 0.322. The highest BCUT2D eigenvalue weighted by Crippen LogP contribution is 2.37. The minimum atomic E-state index is -0.537. The second kappa shape index (κ2) is 7.62. The zero-order valence-corrected chi connectivity index (χ0v) is 16.4. The summed E-state index contributed by atoms with van der Waals surface area (Å²) < 4.78 is 13.0. The van der Waals surface area contributed by atoms with Crippen molar-refractivity contribution < 1.29 is 14.3 Å². The van der Waals surface area contributed by atoms with E-state index < -0.39 is 11.5 Å². The van der Waals surface area contributed by atoms with Crippen molar-refractivity contribution in [2.75, 3.05) is 7.11 Å². The molecule has 0 radical (unpaired) electrons. The summed E-state index contributed by atoms with van der Waals surface area (Å²) in [5.41, 5.74) is 7.85. The number of aromatic nitrogens is 1. The lowest BCUT2D eigenvalue weighted by Crippen LogP contribution is -2.37. The molecule has 0 aliphatic rings. The molecule has 2 aromatic carbocycles. The van der Waals surface area contributed by atoms with Crippen molar-refractivity contribution in [3.8, 4) is 5.75 Å². The lowest BCUT2D eigenvalue weighted by Gasteiger charge is -2.21. The van der Waals surface area contributed by atoms with Gasteiger partial charge in [0.1, 0.15) is 6.61 Å². The Morgan fingerprint density at radius 2 is 1.89 bits per heavy atom. The first-order valence-electron chi connectivity index (χ1n) is 8.66. The van der Waals surface area contributed by atoms with E-state index in [4.69, 9.17) is 26.8 Å². The van der Waals surface area contributed by atoms with E-state index in [9.17, 15) is 4.79 Å². The Morgan fingerprint density at radius 3 is 2.52 bits per heavy atom. The predicted octanol–water partition coefficient (Wildman–Crippen LogP) is 4.40. The van der Waals surface area contributed by atoms with Crippen LogP contribution < -0.4 is 10.5 Å². The number of fused-ring (bicyclic) bond motifs is 1. The third-order valence-corrected chi connectivity index (χ3v) is 4.38. The number of esters is 1. The van der Waals surface area contributed by atoms with E-state index in [-0.39, 0.29) is 0 Å². The van der Waals surface area contributed by atoms with Crippen LogP contribution in [-0.2, 0) is 17.9 Å². The summed E-state index contributed by atoms with van der Waals surface area (Å²) in [6, 6.07) is 15.2. The number of nitrogens with two attached hydrogens (primary N) is 1. The monoisotopic (exact) mass is 386 g/mol. The summed E-state index contributed by atoms with van der Waals surface area (Å²) in [6.07, 6.45) is 0. The summed E-state index contributed by atoms with van der Waals surface area (Å²) in [5, 5.41) is 1.32. The fourth-order valence-electron chi connectivity index (χ4n) is 3.04. The molecule has 5 nitrogen and oxygen atoms in total. The number of nitrogens with zero attached hydrogens (tertiary/aromatic N) is 1. The molecule has 2 N–H and O–H groups in total. The van der Waals surface area contributed by atoms with Crippen LogP contribution in [0.2, 0.25) is 5.02 Å². The quantitative estimate of drug-likeness (QED) is 0.638. The Morgan fingerprint density at radius 1 is 1.19 bits per heavy atom. The first kappa shape index (κ1) is 19.3. The van der Waals surface area contributed by atoms with E-state index in [0.717, 1.165) is 16.5 Å². The molecule has 3 aromatic rings. The normalized spacial score (nSPS) is 11.6. The van der Waals surface area contributed by atoms with Crippen molar-refractivity contribution in [2.45, 2.75) is 32.5 Å². The van der Waals surface area contributed by atoms with Crippen LogP contribution in [0, 0.1) is 0 Å². The van der Waals surface area contributed by atoms with Crippen molar-refractivity contribution in [1.82, 2.24) is 4.57 Å². The summed E-state index contributed by atoms with van der Waals surface area (Å²) in [5.74, 6) is -0.0258. The van der Waals surface area contributed by atoms with E-state index in [1.807, 2.05) is 54.8 Å². The highest BCUT2D eigenvalue weighted by Gasteiger charge is 2.27. The van der Waals surface area contributed by atoms with E-state index in [0.29, 0.717) is 29.6 Å². The number of halogens is 1. The van der Waals surface area contributed by atoms with Crippen molar-refractivity contribution in [3.63, 3.8) is 0 Å². The van der Waals surface area contributed by atoms with Crippen LogP contribution in [0.1, 0.15) is 29.9 Å². The Labute approximate surface area is 163 Å². The zero-order chi connectivity index (χ0) is 19.6. The summed E-state index contributed by atoms with van der Waals surface area (Å²) in [7, 11) is 1.35. The number of ether oxygens (including phenoxy) is 2. The topological polar surface area (TPSA) is 66.5 Å². The molecule has 0 saturated carbocycles. The van der Waals surface area contributed by atoms with Crippen LogP contribution in [0.4, 0.5) is 0 Å². The van der Waals surface area contributed by atoms with Gasteiger partial charge in [-0.1, -0.05) is 41.9 Å². The standard InChI is InChI=1S/C21H23ClN2O3/c1-21(2,23)13-24-17-10-9-15(22)11-16(17)19(18(24)20(25)26-3)27-12-14-7-5-4-6-8-14/h4-11H,12-13,23H2,1-3H3. The number of hydrogen-bond acceptors (Lipinski definition) is 4. The zero-order valence-electron chi connectivity index (χ0n) is 15.7. The summed E-state index contributed by atoms with van der Waals surface area (Å²) in [4.78, 5) is 12.6. The van der Waals surface area contributed by atoms with E-state index in [1.54, 1.807) is 12.1 Å². The number of rotatable bonds is 6. The predicted molar refractivity (Wildman–Crippen MR) is 107 cm³/mol. The van der Waals surface area contributed by atoms with Crippen LogP contribution in [-0.4, -0.2) is 23.2 Å². The van der Waals surface area contributed by atoms with Gasteiger partial charge in [-0.2, -0.15) is 0 Å². The molecule has 0 unspecified atom stereocenters. The molecule has 0 saturated heterocycles. The fourth-order valence-corrected chi connectivity index (χ4v) is 3.22. The van der Waals surface area contributed by atoms with Gasteiger partial charge in [-0.25, -0.2) is 4.79 Å². The van der Waals surface area contributed by atoms with Gasteiger partial charge in [-0.3, -0.25) is 0 Å². The van der Waals surface area contributed by atoms with Crippen molar-refractivity contribution in [1.29, 1.82) is 0 Å². The van der Waals surface area contributed by atoms with Crippen molar-refractivity contribution in [3.05, 3.63) is 64.8 Å². The molecule has 0 spiro atoms. The first-order chi connectivity index (χ1) is 12.8. The fraction of sp³-hybridized carbons (Fsp3) is 0.286. The third kappa shape index (κ3) is 4.26. The van der Waals surface area contributed by atoms with Crippen LogP contribution in [0.3, 0.4) is 0 Å². The minimum Gasteiger partial charge on any atom is -0.486 e. The Hall–Kier alpha value is -2.50. The highest BCUT2D eigenvalue weighted by atomic mass is 35.5. The number of carbonyl (C=O) groups excluding carboxylic acids is 1. The van der Waals surface area contributed by atoms with Crippen LogP contribution >= 0.6 is 11.6 Å². The molecule has 142 valence electrons. The molecule has 0 amide bonds. The maximum atomic E-state index is 12.6. The molecule has 1 heterocycles. The van der Waals surface area contributed by atoms with E-state index in [2.05, 4.69) is 0 Å². The van der Waals surface area contributed by atoms with Gasteiger partial charge in [0.25, 0.3) is 0 Å². The number of carbonyl (C=O) groups is 1. The number of hydrogen-bond donors (Lipinski definition) is 1. The molecule has 3 rings (SSSR count). The average Bonchev–Trinajstić information content (AvgIpc) is 2.91. The molecule has 0 bridgehead atoms. The Balaban J connectivity index is 2.16. The summed E-state index contributed by atoms with van der Waals surface area (Å²) >= 11 is 6.21. The maximum absolute atomic E-state index is 12.6. The van der Waals surface area contributed by atoms with Gasteiger partial charge >= 0.3 is 5.97 Å². The van der Waals surface area contributed by atoms with Crippen LogP contribution in [0.25, 0.3) is 10.9 Å². The van der Waals surface area contributed by atoms with Gasteiger partial charge < -0.3 is 19.8 Å². The maximum Gasteiger partial charge on any atom is 0.358 e. The highest BCUT2D eigenvalue weighted by molar-refractivity contribution is 6.31. The van der Waals surface area contributed by atoms with Crippen molar-refractivity contribution in [2.24, 2.45) is 5.73 Å². The SMILES string of the molecule is COC(=O)c1c(OCc2ccccc2)c2cc(Cl)ccc2n1CC(C)(C)N. The average molecular weight is 387 g/mol. The van der Waals surface area contributed by atoms with Crippen LogP contribution in [0.5, 0.6) is 5.75 Å². The van der Waals surface area contributed by atoms with Gasteiger partial charge in [0.05, 0.1) is 12.6 Å². The molecule has 0 aliphatic heterocycles. The molecule has 27 heavy (non-hydrogen) atoms. The second-order valence-electron chi connectivity index (χ2n) is 7.18. The van der Waals surface area contributed by atoms with Gasteiger partial charge in [-0.05, 0) is 37.6 Å². The molecule has 1 aromatic heterocycles.